The normalized spacial score (nSPS) is 18.8. The maximum absolute atomic E-state index is 13.2. The van der Waals surface area contributed by atoms with E-state index < -0.39 is 29.7 Å². The second-order valence-corrected chi connectivity index (χ2v) is 9.51. The van der Waals surface area contributed by atoms with E-state index in [0.717, 1.165) is 17.8 Å². The summed E-state index contributed by atoms with van der Waals surface area (Å²) in [6, 6.07) is 8.80. The average molecular weight is 527 g/mol. The van der Waals surface area contributed by atoms with Crippen LogP contribution in [0.4, 0.5) is 13.2 Å². The zero-order chi connectivity index (χ0) is 25.7. The molecule has 4 rings (SSSR count). The second kappa shape index (κ2) is 9.41. The lowest BCUT2D eigenvalue weighted by Gasteiger charge is -2.37. The topological polar surface area (TPSA) is 65.7 Å². The third-order valence-corrected chi connectivity index (χ3v) is 7.39. The van der Waals surface area contributed by atoms with E-state index >= 15 is 0 Å². The third kappa shape index (κ3) is 4.87. The number of β-amino-alcohol motifs (C(OH)–C–C–N with tert-alkyl or cyclic N) is 1. The summed E-state index contributed by atoms with van der Waals surface area (Å²) in [5.74, 6) is -1.87. The number of nitrogens with zero attached hydrogens (tertiary/aromatic N) is 2. The summed E-state index contributed by atoms with van der Waals surface area (Å²) < 4.78 is 41.2. The number of aliphatic carboxylic acids is 1. The van der Waals surface area contributed by atoms with Crippen molar-refractivity contribution in [3.8, 4) is 0 Å². The van der Waals surface area contributed by atoms with E-state index in [1.54, 1.807) is 34.7 Å². The first-order valence-electron chi connectivity index (χ1n) is 10.9. The lowest BCUT2D eigenvalue weighted by molar-refractivity contribution is -0.148. The molecule has 2 unspecified atom stereocenters. The second-order valence-electron chi connectivity index (χ2n) is 8.72. The Bertz CT molecular complexity index is 1320. The molecule has 2 heterocycles. The molecule has 0 spiro atoms. The van der Waals surface area contributed by atoms with Crippen molar-refractivity contribution in [3.05, 3.63) is 75.4 Å². The van der Waals surface area contributed by atoms with Crippen molar-refractivity contribution in [1.82, 2.24) is 9.47 Å². The van der Waals surface area contributed by atoms with Gasteiger partial charge in [0.15, 0.2) is 0 Å². The maximum atomic E-state index is 13.2. The Kier molecular flexibility index (Phi) is 6.83. The quantitative estimate of drug-likeness (QED) is 0.438. The minimum atomic E-state index is -4.44. The maximum Gasteiger partial charge on any atom is 0.416 e. The molecule has 0 radical (unpaired) electrons. The highest BCUT2D eigenvalue weighted by Gasteiger charge is 2.34. The van der Waals surface area contributed by atoms with Crippen LogP contribution >= 0.6 is 23.2 Å². The van der Waals surface area contributed by atoms with Gasteiger partial charge in [0, 0.05) is 54.1 Å². The smallest absolute Gasteiger partial charge is 0.416 e. The number of aliphatic hydroxyl groups excluding tert-OH is 1. The lowest BCUT2D eigenvalue weighted by atomic mass is 9.93. The molecule has 0 bridgehead atoms. The van der Waals surface area contributed by atoms with Gasteiger partial charge in [-0.25, -0.2) is 0 Å². The molecule has 1 saturated heterocycles. The Morgan fingerprint density at radius 3 is 2.54 bits per heavy atom. The summed E-state index contributed by atoms with van der Waals surface area (Å²) in [5, 5.41) is 20.9. The summed E-state index contributed by atoms with van der Waals surface area (Å²) in [7, 11) is 1.69. The number of carboxylic acid groups (broad SMARTS) is 1. The van der Waals surface area contributed by atoms with E-state index in [9.17, 15) is 28.2 Å². The number of carboxylic acids is 1. The molecule has 0 amide bonds. The van der Waals surface area contributed by atoms with Crippen LogP contribution in [0.25, 0.3) is 16.6 Å². The number of likely N-dealkylation sites (tertiary alicyclic amines) is 1. The number of alkyl halides is 3. The van der Waals surface area contributed by atoms with E-state index in [2.05, 4.69) is 6.58 Å². The van der Waals surface area contributed by atoms with E-state index in [0.29, 0.717) is 44.3 Å². The van der Waals surface area contributed by atoms with E-state index in [1.807, 2.05) is 0 Å². The molecule has 2 aromatic carbocycles. The van der Waals surface area contributed by atoms with Gasteiger partial charge in [-0.3, -0.25) is 4.79 Å². The van der Waals surface area contributed by atoms with Crippen molar-refractivity contribution in [2.24, 2.45) is 13.0 Å². The molecule has 186 valence electrons. The molecule has 1 aliphatic heterocycles. The highest BCUT2D eigenvalue weighted by atomic mass is 35.5. The van der Waals surface area contributed by atoms with Crippen LogP contribution in [0.2, 0.25) is 10.0 Å². The van der Waals surface area contributed by atoms with Crippen molar-refractivity contribution in [3.63, 3.8) is 0 Å². The molecule has 5 nitrogen and oxygen atoms in total. The zero-order valence-corrected chi connectivity index (χ0v) is 20.3. The van der Waals surface area contributed by atoms with Crippen molar-refractivity contribution in [2.45, 2.75) is 25.1 Å². The van der Waals surface area contributed by atoms with Gasteiger partial charge < -0.3 is 19.7 Å². The van der Waals surface area contributed by atoms with Gasteiger partial charge in [-0.05, 0) is 47.7 Å². The van der Waals surface area contributed by atoms with Gasteiger partial charge in [-0.15, -0.1) is 0 Å². The highest BCUT2D eigenvalue weighted by molar-refractivity contribution is 6.37. The van der Waals surface area contributed by atoms with Gasteiger partial charge in [0.05, 0.1) is 22.6 Å². The van der Waals surface area contributed by atoms with Crippen LogP contribution in [0, 0.1) is 5.92 Å². The fourth-order valence-electron chi connectivity index (χ4n) is 4.53. The average Bonchev–Trinajstić information content (AvgIpc) is 3.10. The molecule has 1 aromatic heterocycles. The fourth-order valence-corrected chi connectivity index (χ4v) is 5.15. The molecular weight excluding hydrogens is 504 g/mol. The number of benzene rings is 2. The molecule has 3 aromatic rings. The lowest BCUT2D eigenvalue weighted by Crippen LogP contribution is -2.45. The molecule has 2 atom stereocenters. The van der Waals surface area contributed by atoms with Gasteiger partial charge in [-0.2, -0.15) is 13.2 Å². The molecule has 0 aliphatic carbocycles. The number of aryl methyl sites for hydroxylation is 1. The largest absolute Gasteiger partial charge is 0.481 e. The molecule has 35 heavy (non-hydrogen) atoms. The van der Waals surface area contributed by atoms with Crippen LogP contribution in [0.5, 0.6) is 0 Å². The number of hydrogen-bond acceptors (Lipinski definition) is 3. The van der Waals surface area contributed by atoms with E-state index in [4.69, 9.17) is 23.2 Å². The Morgan fingerprint density at radius 1 is 1.20 bits per heavy atom. The summed E-state index contributed by atoms with van der Waals surface area (Å²) in [5.41, 5.74) is 2.16. The van der Waals surface area contributed by atoms with Crippen LogP contribution in [0.1, 0.15) is 28.8 Å². The van der Waals surface area contributed by atoms with Crippen LogP contribution in [-0.2, 0) is 24.4 Å². The Hall–Kier alpha value is -2.68. The fraction of sp³-hybridized carbons (Fsp3) is 0.320. The number of halogens is 5. The minimum Gasteiger partial charge on any atom is -0.481 e. The van der Waals surface area contributed by atoms with Gasteiger partial charge in [-0.1, -0.05) is 35.8 Å². The van der Waals surface area contributed by atoms with Crippen LogP contribution in [-0.4, -0.2) is 44.8 Å². The first-order valence-corrected chi connectivity index (χ1v) is 11.6. The minimum absolute atomic E-state index is 0.106. The number of carbonyl (C=O) groups is 1. The standard InChI is InChI=1S/C25H23Cl2F3N2O3/c1-13(32-8-7-18(24(34)35)22(33)12-32)17-5-6-20(26)19(23(17)27)11-16-9-14-3-4-15(25(28,29)30)10-21(14)31(16)2/h3-6,9-10,18,22,33H,1,7-8,11-12H2,2H3,(H,34,35). The Labute approximate surface area is 210 Å². The first kappa shape index (κ1) is 25.4. The van der Waals surface area contributed by atoms with Crippen molar-refractivity contribution in [1.29, 1.82) is 0 Å². The van der Waals surface area contributed by atoms with Crippen LogP contribution in [0.3, 0.4) is 0 Å². The Morgan fingerprint density at radius 2 is 1.91 bits per heavy atom. The first-order chi connectivity index (χ1) is 16.4. The molecule has 1 aliphatic rings. The molecule has 0 saturated carbocycles. The number of hydrogen-bond donors (Lipinski definition) is 2. The number of aromatic nitrogens is 1. The predicted molar refractivity (Wildman–Crippen MR) is 130 cm³/mol. The third-order valence-electron chi connectivity index (χ3n) is 6.61. The molecular formula is C25H23Cl2F3N2O3. The van der Waals surface area contributed by atoms with E-state index in [1.165, 1.54) is 6.07 Å². The van der Waals surface area contributed by atoms with E-state index in [-0.39, 0.29) is 19.4 Å². The summed E-state index contributed by atoms with van der Waals surface area (Å²) >= 11 is 13.2. The number of piperidine rings is 1. The van der Waals surface area contributed by atoms with Gasteiger partial charge in [0.2, 0.25) is 0 Å². The number of rotatable bonds is 5. The van der Waals surface area contributed by atoms with Gasteiger partial charge in [0.1, 0.15) is 0 Å². The summed E-state index contributed by atoms with van der Waals surface area (Å²) in [6.45, 7) is 4.61. The summed E-state index contributed by atoms with van der Waals surface area (Å²) in [6.07, 6.45) is -4.94. The number of aliphatic hydroxyl groups is 1. The molecule has 1 fully saturated rings. The van der Waals surface area contributed by atoms with Crippen LogP contribution < -0.4 is 0 Å². The van der Waals surface area contributed by atoms with Crippen molar-refractivity contribution >= 4 is 45.8 Å². The number of fused-ring (bicyclic) bond motifs is 1. The van der Waals surface area contributed by atoms with Gasteiger partial charge >= 0.3 is 12.1 Å². The summed E-state index contributed by atoms with van der Waals surface area (Å²) in [4.78, 5) is 13.1. The SMILES string of the molecule is C=C(c1ccc(Cl)c(Cc2cc3ccc(C(F)(F)F)cc3n2C)c1Cl)N1CCC(C(=O)O)C(O)C1. The Balaban J connectivity index is 1.64. The highest BCUT2D eigenvalue weighted by Crippen LogP contribution is 2.37. The van der Waals surface area contributed by atoms with Crippen molar-refractivity contribution in [2.75, 3.05) is 13.1 Å². The zero-order valence-electron chi connectivity index (χ0n) is 18.7. The molecule has 10 heteroatoms. The van der Waals surface area contributed by atoms with Crippen LogP contribution in [0.15, 0.2) is 43.0 Å². The molecule has 2 N–H and O–H groups in total. The van der Waals surface area contributed by atoms with Gasteiger partial charge in [0.25, 0.3) is 0 Å². The van der Waals surface area contributed by atoms with Crippen molar-refractivity contribution < 1.29 is 28.2 Å². The predicted octanol–water partition coefficient (Wildman–Crippen LogP) is 5.83. The monoisotopic (exact) mass is 526 g/mol.